The normalized spacial score (nSPS) is 12.7. The van der Waals surface area contributed by atoms with E-state index in [-0.39, 0.29) is 6.04 Å². The molecule has 0 saturated heterocycles. The molecule has 0 aliphatic carbocycles. The number of rotatable bonds is 5. The van der Waals surface area contributed by atoms with E-state index in [4.69, 9.17) is 17.4 Å². The van der Waals surface area contributed by atoms with Crippen LogP contribution in [0.5, 0.6) is 0 Å². The van der Waals surface area contributed by atoms with Crippen molar-refractivity contribution in [3.8, 4) is 0 Å². The van der Waals surface area contributed by atoms with Crippen molar-refractivity contribution in [3.05, 3.63) is 51.3 Å². The highest BCUT2D eigenvalue weighted by molar-refractivity contribution is 6.31. The summed E-state index contributed by atoms with van der Waals surface area (Å²) in [5, 5.41) is 5.08. The Morgan fingerprint density at radius 1 is 1.19 bits per heavy atom. The number of nitrogens with zero attached hydrogens (tertiary/aromatic N) is 2. The summed E-state index contributed by atoms with van der Waals surface area (Å²) in [5.74, 6) is 5.73. The topological polar surface area (TPSA) is 55.9 Å². The molecule has 21 heavy (non-hydrogen) atoms. The number of hydrogen-bond donors (Lipinski definition) is 2. The van der Waals surface area contributed by atoms with Crippen LogP contribution in [0.15, 0.2) is 18.2 Å². The summed E-state index contributed by atoms with van der Waals surface area (Å²) in [6.45, 7) is 6.14. The number of aryl methyl sites for hydroxylation is 4. The zero-order valence-corrected chi connectivity index (χ0v) is 13.8. The zero-order valence-electron chi connectivity index (χ0n) is 13.1. The number of nitrogens with two attached hydrogens (primary N) is 1. The van der Waals surface area contributed by atoms with Crippen LogP contribution < -0.4 is 11.3 Å². The number of hydrazine groups is 1. The minimum absolute atomic E-state index is 0.124. The Morgan fingerprint density at radius 2 is 1.81 bits per heavy atom. The highest BCUT2D eigenvalue weighted by Crippen LogP contribution is 2.21. The first kappa shape index (κ1) is 16.0. The average Bonchev–Trinajstić information content (AvgIpc) is 2.63. The van der Waals surface area contributed by atoms with Crippen molar-refractivity contribution in [3.63, 3.8) is 0 Å². The highest BCUT2D eigenvalue weighted by atomic mass is 35.5. The van der Waals surface area contributed by atoms with Crippen LogP contribution in [-0.2, 0) is 19.9 Å². The van der Waals surface area contributed by atoms with E-state index < -0.39 is 0 Å². The average molecular weight is 307 g/mol. The van der Waals surface area contributed by atoms with Crippen molar-refractivity contribution in [2.75, 3.05) is 0 Å². The molecule has 0 radical (unpaired) electrons. The molecule has 0 aliphatic rings. The number of hydrogen-bond acceptors (Lipinski definition) is 3. The van der Waals surface area contributed by atoms with Gasteiger partial charge in [0.25, 0.3) is 0 Å². The fourth-order valence-electron chi connectivity index (χ4n) is 2.80. The monoisotopic (exact) mass is 306 g/mol. The van der Waals surface area contributed by atoms with Crippen LogP contribution in [0.1, 0.15) is 28.1 Å². The Morgan fingerprint density at radius 3 is 2.29 bits per heavy atom. The molecule has 0 bridgehead atoms. The van der Waals surface area contributed by atoms with Gasteiger partial charge in [0.05, 0.1) is 16.4 Å². The number of halogens is 1. The quantitative estimate of drug-likeness (QED) is 0.659. The van der Waals surface area contributed by atoms with Gasteiger partial charge in [0.2, 0.25) is 0 Å². The van der Waals surface area contributed by atoms with E-state index in [1.807, 2.05) is 18.7 Å². The van der Waals surface area contributed by atoms with Gasteiger partial charge in [0, 0.05) is 19.5 Å². The molecule has 1 heterocycles. The minimum Gasteiger partial charge on any atom is -0.271 e. The molecule has 0 saturated carbocycles. The minimum atomic E-state index is 0.124. The molecular formula is C16H23ClN4. The van der Waals surface area contributed by atoms with Crippen molar-refractivity contribution < 1.29 is 0 Å². The van der Waals surface area contributed by atoms with E-state index in [0.717, 1.165) is 29.3 Å². The van der Waals surface area contributed by atoms with Gasteiger partial charge < -0.3 is 0 Å². The summed E-state index contributed by atoms with van der Waals surface area (Å²) in [5.41, 5.74) is 8.60. The largest absolute Gasteiger partial charge is 0.271 e. The maximum Gasteiger partial charge on any atom is 0.0847 e. The first-order valence-corrected chi connectivity index (χ1v) is 7.49. The molecular weight excluding hydrogens is 284 g/mol. The first-order valence-electron chi connectivity index (χ1n) is 7.12. The molecule has 1 aromatic carbocycles. The van der Waals surface area contributed by atoms with Crippen LogP contribution in [0.4, 0.5) is 0 Å². The summed E-state index contributed by atoms with van der Waals surface area (Å²) < 4.78 is 1.84. The highest BCUT2D eigenvalue weighted by Gasteiger charge is 2.17. The van der Waals surface area contributed by atoms with Crippen LogP contribution in [0.3, 0.4) is 0 Å². The fourth-order valence-corrected chi connectivity index (χ4v) is 3.03. The maximum atomic E-state index is 6.32. The van der Waals surface area contributed by atoms with Crippen molar-refractivity contribution in [2.24, 2.45) is 12.9 Å². The van der Waals surface area contributed by atoms with E-state index in [1.165, 1.54) is 16.7 Å². The lowest BCUT2D eigenvalue weighted by molar-refractivity contribution is 0.505. The molecule has 1 aromatic heterocycles. The van der Waals surface area contributed by atoms with Gasteiger partial charge in [-0.15, -0.1) is 0 Å². The van der Waals surface area contributed by atoms with Crippen molar-refractivity contribution in [1.29, 1.82) is 0 Å². The summed E-state index contributed by atoms with van der Waals surface area (Å²) in [6, 6.07) is 6.70. The molecule has 0 aliphatic heterocycles. The van der Waals surface area contributed by atoms with Gasteiger partial charge in [0.1, 0.15) is 0 Å². The van der Waals surface area contributed by atoms with E-state index in [2.05, 4.69) is 42.6 Å². The molecule has 2 aromatic rings. The zero-order chi connectivity index (χ0) is 15.6. The molecule has 1 atom stereocenters. The Hall–Kier alpha value is -1.36. The van der Waals surface area contributed by atoms with Crippen LogP contribution in [-0.4, -0.2) is 15.8 Å². The SMILES string of the molecule is Cc1cc(C)cc(CC(Cc2c(Cl)c(C)nn2C)NN)c1. The molecule has 2 rings (SSSR count). The Labute approximate surface area is 131 Å². The molecule has 0 fully saturated rings. The number of benzene rings is 1. The lowest BCUT2D eigenvalue weighted by Gasteiger charge is -2.17. The molecule has 3 N–H and O–H groups in total. The predicted octanol–water partition coefficient (Wildman–Crippen LogP) is 2.62. The van der Waals surface area contributed by atoms with Gasteiger partial charge in [0.15, 0.2) is 0 Å². The van der Waals surface area contributed by atoms with Gasteiger partial charge in [-0.2, -0.15) is 5.10 Å². The van der Waals surface area contributed by atoms with E-state index in [9.17, 15) is 0 Å². The Bertz CT molecular complexity index is 613. The number of nitrogens with one attached hydrogen (secondary N) is 1. The van der Waals surface area contributed by atoms with Gasteiger partial charge in [-0.1, -0.05) is 40.9 Å². The predicted molar refractivity (Wildman–Crippen MR) is 87.4 cm³/mol. The third-order valence-electron chi connectivity index (χ3n) is 3.70. The van der Waals surface area contributed by atoms with Crippen molar-refractivity contribution in [1.82, 2.24) is 15.2 Å². The third kappa shape index (κ3) is 3.84. The van der Waals surface area contributed by atoms with Crippen LogP contribution in [0.2, 0.25) is 5.02 Å². The molecule has 0 amide bonds. The summed E-state index contributed by atoms with van der Waals surface area (Å²) in [6.07, 6.45) is 1.61. The van der Waals surface area contributed by atoms with Gasteiger partial charge >= 0.3 is 0 Å². The van der Waals surface area contributed by atoms with Gasteiger partial charge in [-0.25, -0.2) is 0 Å². The molecule has 114 valence electrons. The van der Waals surface area contributed by atoms with Crippen molar-refractivity contribution >= 4 is 11.6 Å². The van der Waals surface area contributed by atoms with Gasteiger partial charge in [-0.05, 0) is 32.8 Å². The summed E-state index contributed by atoms with van der Waals surface area (Å²) in [7, 11) is 1.92. The summed E-state index contributed by atoms with van der Waals surface area (Å²) in [4.78, 5) is 0. The Kier molecular flexibility index (Phi) is 5.04. The van der Waals surface area contributed by atoms with Crippen molar-refractivity contribution in [2.45, 2.75) is 39.7 Å². The standard InChI is InChI=1S/C16H23ClN4/c1-10-5-11(2)7-13(6-10)8-14(19-18)9-15-16(17)12(3)20-21(15)4/h5-7,14,19H,8-9,18H2,1-4H3. The lowest BCUT2D eigenvalue weighted by Crippen LogP contribution is -2.39. The Balaban J connectivity index is 2.16. The summed E-state index contributed by atoms with van der Waals surface area (Å²) >= 11 is 6.32. The van der Waals surface area contributed by atoms with Gasteiger partial charge in [-0.3, -0.25) is 16.0 Å². The lowest BCUT2D eigenvalue weighted by atomic mass is 9.99. The van der Waals surface area contributed by atoms with Crippen LogP contribution in [0, 0.1) is 20.8 Å². The molecule has 1 unspecified atom stereocenters. The van der Waals surface area contributed by atoms with Crippen LogP contribution in [0.25, 0.3) is 0 Å². The fraction of sp³-hybridized carbons (Fsp3) is 0.438. The maximum absolute atomic E-state index is 6.32. The van der Waals surface area contributed by atoms with E-state index >= 15 is 0 Å². The second kappa shape index (κ2) is 6.60. The smallest absolute Gasteiger partial charge is 0.0847 e. The van der Waals surface area contributed by atoms with E-state index in [0.29, 0.717) is 0 Å². The molecule has 4 nitrogen and oxygen atoms in total. The second-order valence-corrected chi connectivity index (χ2v) is 6.12. The molecule has 0 spiro atoms. The second-order valence-electron chi connectivity index (χ2n) is 5.74. The van der Waals surface area contributed by atoms with Crippen LogP contribution >= 0.6 is 11.6 Å². The third-order valence-corrected chi connectivity index (χ3v) is 4.19. The van der Waals surface area contributed by atoms with E-state index in [1.54, 1.807) is 0 Å². The first-order chi connectivity index (χ1) is 9.90. The molecule has 5 heteroatoms. The number of aromatic nitrogens is 2.